The number of fused-ring (bicyclic) bond motifs is 8. The van der Waals surface area contributed by atoms with Gasteiger partial charge in [0, 0.05) is 26.7 Å². The first kappa shape index (κ1) is 30.2. The van der Waals surface area contributed by atoms with Crippen molar-refractivity contribution in [2.75, 3.05) is 0 Å². The highest BCUT2D eigenvalue weighted by molar-refractivity contribution is 7.85. The van der Waals surface area contributed by atoms with Crippen molar-refractivity contribution in [1.29, 1.82) is 0 Å². The average molecular weight is 679 g/mol. The molecule has 0 aromatic heterocycles. The number of ether oxygens (including phenoxy) is 2. The molecule has 246 valence electrons. The van der Waals surface area contributed by atoms with Crippen LogP contribution in [0.5, 0.6) is 11.5 Å². The van der Waals surface area contributed by atoms with E-state index in [2.05, 4.69) is 117 Å². The predicted molar refractivity (Wildman–Crippen MR) is 210 cm³/mol. The van der Waals surface area contributed by atoms with Gasteiger partial charge in [-0.3, -0.25) is 0 Å². The SMILES string of the molecule is CC1(C)c2cc(-c3cc4c(c5ccccc35)OC3C=c5ccccc5=CC3O4)ccc2-c2ccc(P(=O)(c3ccccc3)c3ccccc3)cc21. The molecule has 3 aliphatic rings. The molecule has 0 spiro atoms. The summed E-state index contributed by atoms with van der Waals surface area (Å²) in [5.74, 6) is 1.56. The predicted octanol–water partition coefficient (Wildman–Crippen LogP) is 8.24. The van der Waals surface area contributed by atoms with Gasteiger partial charge < -0.3 is 14.0 Å². The fourth-order valence-corrected chi connectivity index (χ4v) is 11.1. The van der Waals surface area contributed by atoms with E-state index in [-0.39, 0.29) is 17.6 Å². The van der Waals surface area contributed by atoms with Gasteiger partial charge in [-0.2, -0.15) is 0 Å². The van der Waals surface area contributed by atoms with Crippen LogP contribution in [0.15, 0.2) is 152 Å². The van der Waals surface area contributed by atoms with E-state index in [1.165, 1.54) is 32.7 Å². The molecule has 2 aliphatic carbocycles. The van der Waals surface area contributed by atoms with Crippen molar-refractivity contribution >= 4 is 46.0 Å². The van der Waals surface area contributed by atoms with Gasteiger partial charge in [0.1, 0.15) is 0 Å². The molecule has 0 saturated heterocycles. The van der Waals surface area contributed by atoms with Gasteiger partial charge in [-0.05, 0) is 79.6 Å². The smallest absolute Gasteiger partial charge is 0.171 e. The quantitative estimate of drug-likeness (QED) is 0.176. The van der Waals surface area contributed by atoms with Crippen LogP contribution in [0.2, 0.25) is 0 Å². The molecule has 0 fully saturated rings. The first-order valence-electron chi connectivity index (χ1n) is 17.6. The van der Waals surface area contributed by atoms with Crippen molar-refractivity contribution in [3.63, 3.8) is 0 Å². The van der Waals surface area contributed by atoms with E-state index >= 15 is 4.57 Å². The van der Waals surface area contributed by atoms with Crippen LogP contribution in [0.4, 0.5) is 0 Å². The minimum atomic E-state index is -3.12. The maximum atomic E-state index is 15.3. The van der Waals surface area contributed by atoms with Crippen molar-refractivity contribution in [1.82, 2.24) is 0 Å². The molecule has 7 aromatic rings. The number of benzene rings is 7. The van der Waals surface area contributed by atoms with E-state index in [0.29, 0.717) is 0 Å². The van der Waals surface area contributed by atoms with Gasteiger partial charge in [-0.1, -0.05) is 147 Å². The average Bonchev–Trinajstić information content (AvgIpc) is 3.41. The first-order chi connectivity index (χ1) is 24.9. The summed E-state index contributed by atoms with van der Waals surface area (Å²) >= 11 is 0. The molecule has 10 rings (SSSR count). The Hall–Kier alpha value is -5.63. The van der Waals surface area contributed by atoms with E-state index in [4.69, 9.17) is 9.47 Å². The Morgan fingerprint density at radius 2 is 1.06 bits per heavy atom. The molecule has 2 unspecified atom stereocenters. The highest BCUT2D eigenvalue weighted by Gasteiger charge is 2.39. The van der Waals surface area contributed by atoms with Crippen LogP contribution in [0.25, 0.3) is 45.2 Å². The Bertz CT molecular complexity index is 2670. The van der Waals surface area contributed by atoms with Crippen LogP contribution in [0, 0.1) is 0 Å². The van der Waals surface area contributed by atoms with Crippen molar-refractivity contribution < 1.29 is 14.0 Å². The van der Waals surface area contributed by atoms with E-state index in [9.17, 15) is 0 Å². The van der Waals surface area contributed by atoms with Gasteiger partial charge in [0.05, 0.1) is 0 Å². The Morgan fingerprint density at radius 1 is 0.510 bits per heavy atom. The van der Waals surface area contributed by atoms with E-state index in [1.54, 1.807) is 0 Å². The van der Waals surface area contributed by atoms with Crippen molar-refractivity contribution in [2.45, 2.75) is 31.5 Å². The summed E-state index contributed by atoms with van der Waals surface area (Å²) in [5, 5.41) is 7.05. The normalized spacial score (nSPS) is 17.7. The summed E-state index contributed by atoms with van der Waals surface area (Å²) in [5.41, 5.74) is 6.79. The third kappa shape index (κ3) is 4.55. The Kier molecular flexibility index (Phi) is 6.63. The Morgan fingerprint density at radius 3 is 1.73 bits per heavy atom. The lowest BCUT2D eigenvalue weighted by Crippen LogP contribution is -2.45. The molecule has 0 radical (unpaired) electrons. The summed E-state index contributed by atoms with van der Waals surface area (Å²) in [6, 6.07) is 52.2. The van der Waals surface area contributed by atoms with E-state index in [1.807, 2.05) is 60.7 Å². The monoisotopic (exact) mass is 678 g/mol. The molecular formula is C47H35O3P. The van der Waals surface area contributed by atoms with Crippen LogP contribution in [0.3, 0.4) is 0 Å². The highest BCUT2D eigenvalue weighted by Crippen LogP contribution is 2.53. The first-order valence-corrected chi connectivity index (χ1v) is 19.3. The molecule has 1 aliphatic heterocycles. The Labute approximate surface area is 297 Å². The van der Waals surface area contributed by atoms with Crippen LogP contribution >= 0.6 is 7.14 Å². The largest absolute Gasteiger partial charge is 0.478 e. The zero-order valence-corrected chi connectivity index (χ0v) is 29.3. The summed E-state index contributed by atoms with van der Waals surface area (Å²) in [6.07, 6.45) is 3.96. The minimum Gasteiger partial charge on any atom is -0.478 e. The van der Waals surface area contributed by atoms with Gasteiger partial charge in [0.2, 0.25) is 0 Å². The zero-order chi connectivity index (χ0) is 34.3. The Balaban J connectivity index is 1.08. The van der Waals surface area contributed by atoms with Gasteiger partial charge in [-0.15, -0.1) is 0 Å². The molecule has 0 saturated carbocycles. The highest BCUT2D eigenvalue weighted by atomic mass is 31.2. The fraction of sp³-hybridized carbons (Fsp3) is 0.106. The molecule has 2 atom stereocenters. The third-order valence-electron chi connectivity index (χ3n) is 11.1. The number of rotatable bonds is 4. The van der Waals surface area contributed by atoms with Gasteiger partial charge in [0.25, 0.3) is 0 Å². The van der Waals surface area contributed by atoms with Gasteiger partial charge in [-0.25, -0.2) is 0 Å². The lowest BCUT2D eigenvalue weighted by Gasteiger charge is -2.33. The topological polar surface area (TPSA) is 35.5 Å². The molecule has 3 nitrogen and oxygen atoms in total. The van der Waals surface area contributed by atoms with E-state index < -0.39 is 7.14 Å². The second-order valence-corrected chi connectivity index (χ2v) is 17.1. The van der Waals surface area contributed by atoms with Crippen molar-refractivity contribution in [2.24, 2.45) is 0 Å². The van der Waals surface area contributed by atoms with Crippen LogP contribution in [-0.4, -0.2) is 12.2 Å². The zero-order valence-electron chi connectivity index (χ0n) is 28.4. The molecular weight excluding hydrogens is 643 g/mol. The van der Waals surface area contributed by atoms with Crippen LogP contribution in [-0.2, 0) is 9.98 Å². The molecule has 0 N–H and O–H groups in total. The lowest BCUT2D eigenvalue weighted by atomic mass is 9.81. The maximum Gasteiger partial charge on any atom is 0.171 e. The lowest BCUT2D eigenvalue weighted by molar-refractivity contribution is 0.0957. The second-order valence-electron chi connectivity index (χ2n) is 14.3. The second kappa shape index (κ2) is 11.2. The molecule has 4 heteroatoms. The van der Waals surface area contributed by atoms with Crippen molar-refractivity contribution in [3.05, 3.63) is 173 Å². The number of hydrogen-bond acceptors (Lipinski definition) is 3. The summed E-state index contributed by atoms with van der Waals surface area (Å²) < 4.78 is 28.7. The molecule has 0 bridgehead atoms. The minimum absolute atomic E-state index is 0.190. The standard InChI is InChI=1S/C47H35O3P/c1-47(2)41-25-32(40-29-45-46(39-20-12-11-19-36(39)40)50-44-27-31-14-10-9-13-30(31)26-43(44)49-45)21-23-37(41)38-24-22-35(28-42(38)47)51(48,33-15-5-3-6-16-33)34-17-7-4-8-18-34/h3-29,43-44H,1-2H3. The van der Waals surface area contributed by atoms with E-state index in [0.717, 1.165) is 49.3 Å². The summed E-state index contributed by atoms with van der Waals surface area (Å²) in [7, 11) is -3.12. The number of hydrogen-bond donors (Lipinski definition) is 0. The van der Waals surface area contributed by atoms with Crippen LogP contribution in [0.1, 0.15) is 25.0 Å². The molecule has 1 heterocycles. The van der Waals surface area contributed by atoms with Gasteiger partial charge >= 0.3 is 0 Å². The summed E-state index contributed by atoms with van der Waals surface area (Å²) in [6.45, 7) is 4.58. The van der Waals surface area contributed by atoms with Crippen LogP contribution < -0.4 is 35.8 Å². The molecule has 0 amide bonds. The third-order valence-corrected chi connectivity index (χ3v) is 14.1. The maximum absolute atomic E-state index is 15.3. The fourth-order valence-electron chi connectivity index (χ4n) is 8.43. The molecule has 51 heavy (non-hydrogen) atoms. The summed E-state index contributed by atoms with van der Waals surface area (Å²) in [4.78, 5) is 0. The van der Waals surface area contributed by atoms with Crippen molar-refractivity contribution in [3.8, 4) is 33.8 Å². The molecule has 7 aromatic carbocycles. The van der Waals surface area contributed by atoms with Gasteiger partial charge in [0.15, 0.2) is 30.8 Å².